The van der Waals surface area contributed by atoms with Gasteiger partial charge in [0.05, 0.1) is 0 Å². The summed E-state index contributed by atoms with van der Waals surface area (Å²) >= 11 is 0. The highest BCUT2D eigenvalue weighted by Crippen LogP contribution is 2.08. The Labute approximate surface area is 95.8 Å². The molecule has 0 unspecified atom stereocenters. The summed E-state index contributed by atoms with van der Waals surface area (Å²) in [6.07, 6.45) is 0.776. The standard InChI is InChI=1S/C12H18N2O2/c1-10-4-2-5-11(8-10)14-12(15)9-16-7-3-6-13/h2,4-5,8H,3,6-7,9,13H2,1H3,(H,14,15). The number of benzene rings is 1. The maximum absolute atomic E-state index is 11.4. The van der Waals surface area contributed by atoms with Crippen LogP contribution in [0.1, 0.15) is 12.0 Å². The predicted octanol–water partition coefficient (Wildman–Crippen LogP) is 1.30. The fraction of sp³-hybridized carbons (Fsp3) is 0.417. The number of hydrogen-bond donors (Lipinski definition) is 2. The number of aryl methyl sites for hydroxylation is 1. The van der Waals surface area contributed by atoms with E-state index in [1.165, 1.54) is 0 Å². The van der Waals surface area contributed by atoms with Crippen LogP contribution in [0.2, 0.25) is 0 Å². The molecule has 0 aromatic heterocycles. The zero-order chi connectivity index (χ0) is 11.8. The summed E-state index contributed by atoms with van der Waals surface area (Å²) < 4.78 is 5.15. The SMILES string of the molecule is Cc1cccc(NC(=O)COCCCN)c1. The number of amides is 1. The molecule has 0 atom stereocenters. The highest BCUT2D eigenvalue weighted by atomic mass is 16.5. The molecule has 0 aliphatic rings. The van der Waals surface area contributed by atoms with Crippen LogP contribution in [0.3, 0.4) is 0 Å². The Morgan fingerprint density at radius 2 is 2.31 bits per heavy atom. The van der Waals surface area contributed by atoms with Gasteiger partial charge in [-0.2, -0.15) is 0 Å². The molecule has 0 bridgehead atoms. The quantitative estimate of drug-likeness (QED) is 0.713. The third-order valence-electron chi connectivity index (χ3n) is 2.03. The summed E-state index contributed by atoms with van der Waals surface area (Å²) in [5, 5.41) is 2.76. The highest BCUT2D eigenvalue weighted by Gasteiger charge is 2.01. The van der Waals surface area contributed by atoms with Crippen molar-refractivity contribution in [2.75, 3.05) is 25.1 Å². The molecule has 4 nitrogen and oxygen atoms in total. The van der Waals surface area contributed by atoms with Gasteiger partial charge in [-0.1, -0.05) is 12.1 Å². The summed E-state index contributed by atoms with van der Waals surface area (Å²) in [6.45, 7) is 3.17. The number of rotatable bonds is 6. The predicted molar refractivity (Wildman–Crippen MR) is 64.3 cm³/mol. The minimum atomic E-state index is -0.136. The molecule has 0 fully saturated rings. The van der Waals surface area contributed by atoms with Crippen molar-refractivity contribution in [3.8, 4) is 0 Å². The van der Waals surface area contributed by atoms with Gasteiger partial charge in [-0.25, -0.2) is 0 Å². The van der Waals surface area contributed by atoms with Crippen LogP contribution < -0.4 is 11.1 Å². The summed E-state index contributed by atoms with van der Waals surface area (Å²) in [5.41, 5.74) is 7.22. The van der Waals surface area contributed by atoms with Gasteiger partial charge in [-0.15, -0.1) is 0 Å². The molecule has 0 radical (unpaired) electrons. The average Bonchev–Trinajstić information content (AvgIpc) is 2.24. The van der Waals surface area contributed by atoms with E-state index in [1.54, 1.807) is 0 Å². The average molecular weight is 222 g/mol. The number of carbonyl (C=O) groups is 1. The zero-order valence-electron chi connectivity index (χ0n) is 9.53. The second kappa shape index (κ2) is 6.98. The smallest absolute Gasteiger partial charge is 0.250 e. The van der Waals surface area contributed by atoms with Gasteiger partial charge in [0.2, 0.25) is 5.91 Å². The Morgan fingerprint density at radius 1 is 1.50 bits per heavy atom. The second-order valence-corrected chi connectivity index (χ2v) is 3.61. The maximum atomic E-state index is 11.4. The van der Waals surface area contributed by atoms with Gasteiger partial charge < -0.3 is 15.8 Å². The lowest BCUT2D eigenvalue weighted by Crippen LogP contribution is -2.19. The second-order valence-electron chi connectivity index (χ2n) is 3.61. The number of nitrogens with two attached hydrogens (primary N) is 1. The van der Waals surface area contributed by atoms with Gasteiger partial charge in [0.1, 0.15) is 6.61 Å². The molecule has 0 aliphatic heterocycles. The summed E-state index contributed by atoms with van der Waals surface area (Å²) in [6, 6.07) is 7.65. The molecule has 4 heteroatoms. The Balaban J connectivity index is 2.29. The lowest BCUT2D eigenvalue weighted by atomic mass is 10.2. The van der Waals surface area contributed by atoms with Gasteiger partial charge in [-0.05, 0) is 37.6 Å². The van der Waals surface area contributed by atoms with Gasteiger partial charge in [0.15, 0.2) is 0 Å². The Bertz CT molecular complexity index is 340. The van der Waals surface area contributed by atoms with Gasteiger partial charge in [0, 0.05) is 12.3 Å². The molecule has 3 N–H and O–H groups in total. The summed E-state index contributed by atoms with van der Waals surface area (Å²) in [5.74, 6) is -0.136. The first-order valence-electron chi connectivity index (χ1n) is 5.36. The van der Waals surface area contributed by atoms with E-state index in [-0.39, 0.29) is 12.5 Å². The lowest BCUT2D eigenvalue weighted by Gasteiger charge is -2.06. The molecule has 1 amide bonds. The zero-order valence-corrected chi connectivity index (χ0v) is 9.53. The topological polar surface area (TPSA) is 64.3 Å². The molecular formula is C12H18N2O2. The molecule has 0 saturated carbocycles. The van der Waals surface area contributed by atoms with Crippen molar-refractivity contribution in [3.05, 3.63) is 29.8 Å². The normalized spacial score (nSPS) is 10.1. The maximum Gasteiger partial charge on any atom is 0.250 e. The molecule has 1 rings (SSSR count). The van der Waals surface area contributed by atoms with E-state index in [1.807, 2.05) is 31.2 Å². The summed E-state index contributed by atoms with van der Waals surface area (Å²) in [7, 11) is 0. The molecule has 0 spiro atoms. The van der Waals surface area contributed by atoms with E-state index in [9.17, 15) is 4.79 Å². The number of ether oxygens (including phenoxy) is 1. The van der Waals surface area contributed by atoms with Gasteiger partial charge in [0.25, 0.3) is 0 Å². The van der Waals surface area contributed by atoms with Crippen LogP contribution in [0.25, 0.3) is 0 Å². The van der Waals surface area contributed by atoms with Crippen LogP contribution in [0, 0.1) is 6.92 Å². The molecule has 88 valence electrons. The van der Waals surface area contributed by atoms with Crippen molar-refractivity contribution in [1.82, 2.24) is 0 Å². The van der Waals surface area contributed by atoms with Crippen molar-refractivity contribution in [2.45, 2.75) is 13.3 Å². The van der Waals surface area contributed by atoms with E-state index in [0.717, 1.165) is 17.7 Å². The Hall–Kier alpha value is -1.39. The molecular weight excluding hydrogens is 204 g/mol. The fourth-order valence-electron chi connectivity index (χ4n) is 1.27. The van der Waals surface area contributed by atoms with Crippen molar-refractivity contribution in [1.29, 1.82) is 0 Å². The Kier molecular flexibility index (Phi) is 5.53. The number of hydrogen-bond acceptors (Lipinski definition) is 3. The van der Waals surface area contributed by atoms with Crippen LogP contribution in [0.5, 0.6) is 0 Å². The van der Waals surface area contributed by atoms with Gasteiger partial charge >= 0.3 is 0 Å². The number of carbonyl (C=O) groups excluding carboxylic acids is 1. The van der Waals surface area contributed by atoms with E-state index in [4.69, 9.17) is 10.5 Å². The summed E-state index contributed by atoms with van der Waals surface area (Å²) in [4.78, 5) is 11.4. The first-order chi connectivity index (χ1) is 7.72. The minimum Gasteiger partial charge on any atom is -0.372 e. The van der Waals surface area contributed by atoms with Crippen molar-refractivity contribution in [2.24, 2.45) is 5.73 Å². The minimum absolute atomic E-state index is 0.0773. The van der Waals surface area contributed by atoms with E-state index in [0.29, 0.717) is 13.2 Å². The third-order valence-corrected chi connectivity index (χ3v) is 2.03. The first kappa shape index (κ1) is 12.7. The monoisotopic (exact) mass is 222 g/mol. The third kappa shape index (κ3) is 4.91. The van der Waals surface area contributed by atoms with Crippen molar-refractivity contribution in [3.63, 3.8) is 0 Å². The van der Waals surface area contributed by atoms with Crippen molar-refractivity contribution < 1.29 is 9.53 Å². The molecule has 0 saturated heterocycles. The Morgan fingerprint density at radius 3 is 3.00 bits per heavy atom. The van der Waals surface area contributed by atoms with Gasteiger partial charge in [-0.3, -0.25) is 4.79 Å². The molecule has 0 aliphatic carbocycles. The van der Waals surface area contributed by atoms with Crippen LogP contribution in [0.4, 0.5) is 5.69 Å². The fourth-order valence-corrected chi connectivity index (χ4v) is 1.27. The molecule has 1 aromatic carbocycles. The van der Waals surface area contributed by atoms with E-state index < -0.39 is 0 Å². The largest absolute Gasteiger partial charge is 0.372 e. The van der Waals surface area contributed by atoms with Crippen molar-refractivity contribution >= 4 is 11.6 Å². The number of nitrogens with one attached hydrogen (secondary N) is 1. The molecule has 1 aromatic rings. The van der Waals surface area contributed by atoms with Crippen LogP contribution in [-0.2, 0) is 9.53 Å². The van der Waals surface area contributed by atoms with E-state index >= 15 is 0 Å². The van der Waals surface area contributed by atoms with E-state index in [2.05, 4.69) is 5.32 Å². The first-order valence-corrected chi connectivity index (χ1v) is 5.36. The van der Waals surface area contributed by atoms with Crippen LogP contribution in [0.15, 0.2) is 24.3 Å². The highest BCUT2D eigenvalue weighted by molar-refractivity contribution is 5.91. The van der Waals surface area contributed by atoms with Crippen LogP contribution >= 0.6 is 0 Å². The lowest BCUT2D eigenvalue weighted by molar-refractivity contribution is -0.120. The molecule has 0 heterocycles. The molecule has 16 heavy (non-hydrogen) atoms. The van der Waals surface area contributed by atoms with Crippen LogP contribution in [-0.4, -0.2) is 25.7 Å². The number of anilines is 1.